The van der Waals surface area contributed by atoms with E-state index in [1.54, 1.807) is 13.0 Å². The third-order valence-corrected chi connectivity index (χ3v) is 4.72. The smallest absolute Gasteiger partial charge is 0.340 e. The van der Waals surface area contributed by atoms with Crippen molar-refractivity contribution < 1.29 is 17.9 Å². The van der Waals surface area contributed by atoms with Gasteiger partial charge in [0.25, 0.3) is 15.6 Å². The first-order valence-electron chi connectivity index (χ1n) is 7.24. The average Bonchev–Trinajstić information content (AvgIpc) is 2.56. The molecule has 0 radical (unpaired) electrons. The minimum atomic E-state index is -4.33. The summed E-state index contributed by atoms with van der Waals surface area (Å²) in [5, 5.41) is 0. The normalized spacial score (nSPS) is 11.2. The molecule has 134 valence electrons. The van der Waals surface area contributed by atoms with Crippen LogP contribution in [0.25, 0.3) is 0 Å². The number of benzene rings is 1. The monoisotopic (exact) mass is 367 g/mol. The Kier molecular flexibility index (Phi) is 5.12. The molecule has 1 aromatic carbocycles. The molecule has 25 heavy (non-hydrogen) atoms. The lowest BCUT2D eigenvalue weighted by molar-refractivity contribution is 0.0527. The van der Waals surface area contributed by atoms with Gasteiger partial charge in [0.2, 0.25) is 0 Å². The summed E-state index contributed by atoms with van der Waals surface area (Å²) in [5.41, 5.74) is -1.65. The van der Waals surface area contributed by atoms with Gasteiger partial charge in [-0.3, -0.25) is 14.1 Å². The van der Waals surface area contributed by atoms with Gasteiger partial charge in [-0.15, -0.1) is 0 Å². The maximum absolute atomic E-state index is 12.6. The van der Waals surface area contributed by atoms with Gasteiger partial charge in [-0.2, -0.15) is 0 Å². The Morgan fingerprint density at radius 2 is 1.84 bits per heavy atom. The Hall–Kier alpha value is -2.88. The summed E-state index contributed by atoms with van der Waals surface area (Å²) in [6.07, 6.45) is 0.931. The lowest BCUT2D eigenvalue weighted by Crippen LogP contribution is -2.40. The highest BCUT2D eigenvalue weighted by Crippen LogP contribution is 2.19. The average molecular weight is 367 g/mol. The fourth-order valence-corrected chi connectivity index (χ4v) is 3.36. The number of nitrogens with zero attached hydrogens (tertiary/aromatic N) is 2. The molecule has 0 atom stereocenters. The lowest BCUT2D eigenvalue weighted by atomic mass is 10.2. The molecule has 9 nitrogen and oxygen atoms in total. The number of hydrogen-bond acceptors (Lipinski definition) is 6. The van der Waals surface area contributed by atoms with Gasteiger partial charge in [0, 0.05) is 20.3 Å². The van der Waals surface area contributed by atoms with Gasteiger partial charge < -0.3 is 9.30 Å². The molecule has 0 amide bonds. The van der Waals surface area contributed by atoms with E-state index in [4.69, 9.17) is 4.74 Å². The maximum Gasteiger partial charge on any atom is 0.340 e. The van der Waals surface area contributed by atoms with E-state index >= 15 is 0 Å². The van der Waals surface area contributed by atoms with Crippen molar-refractivity contribution in [2.75, 3.05) is 11.3 Å². The predicted octanol–water partition coefficient (Wildman–Crippen LogP) is 0.0615. The maximum atomic E-state index is 12.6. The van der Waals surface area contributed by atoms with Gasteiger partial charge >= 0.3 is 11.7 Å². The van der Waals surface area contributed by atoms with E-state index in [0.717, 1.165) is 10.8 Å². The summed E-state index contributed by atoms with van der Waals surface area (Å²) < 4.78 is 33.9. The largest absolute Gasteiger partial charge is 0.462 e. The van der Waals surface area contributed by atoms with E-state index in [9.17, 15) is 22.8 Å². The van der Waals surface area contributed by atoms with Crippen molar-refractivity contribution in [3.63, 3.8) is 0 Å². The number of rotatable bonds is 5. The van der Waals surface area contributed by atoms with E-state index < -0.39 is 32.1 Å². The number of aryl methyl sites for hydroxylation is 1. The number of esters is 1. The Morgan fingerprint density at radius 3 is 2.48 bits per heavy atom. The van der Waals surface area contributed by atoms with Crippen LogP contribution in [0.5, 0.6) is 0 Å². The van der Waals surface area contributed by atoms with E-state index in [1.807, 2.05) is 0 Å². The van der Waals surface area contributed by atoms with Crippen LogP contribution in [-0.2, 0) is 28.9 Å². The molecule has 2 aromatic rings. The Morgan fingerprint density at radius 1 is 1.20 bits per heavy atom. The standard InChI is InChI=1S/C15H17N3O6S/c1-4-24-14(20)10-7-5-6-8-11(10)16-25(22,23)12-9-17(2)15(21)18(3)13(12)19/h5-9,16H,4H2,1-3H3. The number of sulfonamides is 1. The van der Waals surface area contributed by atoms with Crippen molar-refractivity contribution in [2.45, 2.75) is 11.8 Å². The van der Waals surface area contributed by atoms with Crippen LogP contribution in [-0.4, -0.2) is 30.1 Å². The van der Waals surface area contributed by atoms with E-state index in [-0.39, 0.29) is 17.9 Å². The van der Waals surface area contributed by atoms with Gasteiger partial charge in [-0.1, -0.05) is 12.1 Å². The van der Waals surface area contributed by atoms with Gasteiger partial charge in [-0.25, -0.2) is 18.0 Å². The number of anilines is 1. The zero-order chi connectivity index (χ0) is 18.8. The summed E-state index contributed by atoms with van der Waals surface area (Å²) >= 11 is 0. The molecule has 0 saturated carbocycles. The summed E-state index contributed by atoms with van der Waals surface area (Å²) in [6, 6.07) is 5.85. The molecule has 1 N–H and O–H groups in total. The fourth-order valence-electron chi connectivity index (χ4n) is 2.12. The van der Waals surface area contributed by atoms with Crippen LogP contribution in [0.2, 0.25) is 0 Å². The van der Waals surface area contributed by atoms with Gasteiger partial charge in [0.1, 0.15) is 0 Å². The SMILES string of the molecule is CCOC(=O)c1ccccc1NS(=O)(=O)c1cn(C)c(=O)n(C)c1=O. The zero-order valence-electron chi connectivity index (χ0n) is 13.8. The second-order valence-corrected chi connectivity index (χ2v) is 6.77. The molecule has 0 bridgehead atoms. The molecule has 0 fully saturated rings. The van der Waals surface area contributed by atoms with Crippen LogP contribution < -0.4 is 16.0 Å². The van der Waals surface area contributed by atoms with Crippen LogP contribution in [0.3, 0.4) is 0 Å². The van der Waals surface area contributed by atoms with E-state index in [2.05, 4.69) is 4.72 Å². The fraction of sp³-hybridized carbons (Fsp3) is 0.267. The Labute approximate surface area is 143 Å². The van der Waals surface area contributed by atoms with Crippen LogP contribution in [0.15, 0.2) is 44.9 Å². The van der Waals surface area contributed by atoms with Crippen molar-refractivity contribution in [2.24, 2.45) is 14.1 Å². The van der Waals surface area contributed by atoms with Crippen molar-refractivity contribution in [3.8, 4) is 0 Å². The molecule has 1 heterocycles. The minimum Gasteiger partial charge on any atom is -0.462 e. The molecule has 2 rings (SSSR count). The van der Waals surface area contributed by atoms with Crippen LogP contribution >= 0.6 is 0 Å². The molecule has 0 aliphatic heterocycles. The number of para-hydroxylation sites is 1. The van der Waals surface area contributed by atoms with E-state index in [0.29, 0.717) is 4.57 Å². The summed E-state index contributed by atoms with van der Waals surface area (Å²) in [5.74, 6) is -0.700. The molecule has 0 unspecified atom stereocenters. The number of carbonyl (C=O) groups is 1. The predicted molar refractivity (Wildman–Crippen MR) is 90.1 cm³/mol. The number of aromatic nitrogens is 2. The molecule has 0 aliphatic rings. The second kappa shape index (κ2) is 6.93. The second-order valence-electron chi connectivity index (χ2n) is 5.12. The first kappa shape index (κ1) is 18.5. The summed E-state index contributed by atoms with van der Waals surface area (Å²) in [6.45, 7) is 1.75. The molecule has 10 heteroatoms. The molecular formula is C15H17N3O6S. The Bertz CT molecular complexity index is 1040. The third kappa shape index (κ3) is 3.63. The third-order valence-electron chi connectivity index (χ3n) is 3.37. The van der Waals surface area contributed by atoms with Gasteiger partial charge in [0.15, 0.2) is 4.90 Å². The lowest BCUT2D eigenvalue weighted by Gasteiger charge is -2.12. The minimum absolute atomic E-state index is 0.00886. The zero-order valence-corrected chi connectivity index (χ0v) is 14.7. The van der Waals surface area contributed by atoms with Gasteiger partial charge in [0.05, 0.1) is 17.9 Å². The number of hydrogen-bond donors (Lipinski definition) is 1. The van der Waals surface area contributed by atoms with Crippen molar-refractivity contribution in [3.05, 3.63) is 56.9 Å². The molecule has 0 aliphatic carbocycles. The molecule has 0 spiro atoms. The highest BCUT2D eigenvalue weighted by atomic mass is 32.2. The Balaban J connectivity index is 2.54. The summed E-state index contributed by atoms with van der Waals surface area (Å²) in [7, 11) is -1.82. The van der Waals surface area contributed by atoms with Crippen molar-refractivity contribution in [1.82, 2.24) is 9.13 Å². The highest BCUT2D eigenvalue weighted by Gasteiger charge is 2.24. The first-order valence-corrected chi connectivity index (χ1v) is 8.73. The molecule has 0 saturated heterocycles. The summed E-state index contributed by atoms with van der Waals surface area (Å²) in [4.78, 5) is 35.2. The molecule has 1 aromatic heterocycles. The van der Waals surface area contributed by atoms with Gasteiger partial charge in [-0.05, 0) is 19.1 Å². The number of carbonyl (C=O) groups excluding carboxylic acids is 1. The van der Waals surface area contributed by atoms with Crippen molar-refractivity contribution >= 4 is 21.7 Å². The number of ether oxygens (including phenoxy) is 1. The molecular weight excluding hydrogens is 350 g/mol. The topological polar surface area (TPSA) is 116 Å². The first-order chi connectivity index (χ1) is 11.7. The quantitative estimate of drug-likeness (QED) is 0.747. The van der Waals surface area contributed by atoms with Crippen LogP contribution in [0, 0.1) is 0 Å². The van der Waals surface area contributed by atoms with Crippen LogP contribution in [0.4, 0.5) is 5.69 Å². The highest BCUT2D eigenvalue weighted by molar-refractivity contribution is 7.92. The van der Waals surface area contributed by atoms with E-state index in [1.165, 1.54) is 32.3 Å². The number of nitrogens with one attached hydrogen (secondary N) is 1. The van der Waals surface area contributed by atoms with Crippen molar-refractivity contribution in [1.29, 1.82) is 0 Å². The van der Waals surface area contributed by atoms with Crippen LogP contribution in [0.1, 0.15) is 17.3 Å².